The van der Waals surface area contributed by atoms with Crippen LogP contribution in [0.1, 0.15) is 11.1 Å². The molecule has 0 saturated carbocycles. The number of aromatic nitrogens is 1. The van der Waals surface area contributed by atoms with Gasteiger partial charge in [0.15, 0.2) is 0 Å². The highest BCUT2D eigenvalue weighted by atomic mass is 19.4. The maximum absolute atomic E-state index is 12.2. The lowest BCUT2D eigenvalue weighted by atomic mass is 10.1. The van der Waals surface area contributed by atoms with Gasteiger partial charge in [0.2, 0.25) is 5.88 Å². The van der Waals surface area contributed by atoms with Gasteiger partial charge in [0.05, 0.1) is 12.7 Å². The van der Waals surface area contributed by atoms with Crippen LogP contribution < -0.4 is 4.74 Å². The molecule has 0 aromatic carbocycles. The summed E-state index contributed by atoms with van der Waals surface area (Å²) < 4.78 is 41.3. The third-order valence-corrected chi connectivity index (χ3v) is 1.60. The first-order valence-corrected chi connectivity index (χ1v) is 3.53. The molecular weight excluding hydrogens is 183 g/mol. The van der Waals surface area contributed by atoms with Gasteiger partial charge in [0, 0.05) is 12.3 Å². The van der Waals surface area contributed by atoms with E-state index in [1.807, 2.05) is 0 Å². The van der Waals surface area contributed by atoms with Crippen molar-refractivity contribution in [1.82, 2.24) is 4.98 Å². The minimum Gasteiger partial charge on any atom is -0.481 e. The molecule has 13 heavy (non-hydrogen) atoms. The van der Waals surface area contributed by atoms with Gasteiger partial charge < -0.3 is 4.74 Å². The van der Waals surface area contributed by atoms with Crippen molar-refractivity contribution in [3.8, 4) is 5.88 Å². The molecule has 0 fully saturated rings. The van der Waals surface area contributed by atoms with Crippen molar-refractivity contribution in [2.75, 3.05) is 7.11 Å². The summed E-state index contributed by atoms with van der Waals surface area (Å²) in [5, 5.41) is 0. The van der Waals surface area contributed by atoms with Gasteiger partial charge in [-0.1, -0.05) is 0 Å². The topological polar surface area (TPSA) is 22.1 Å². The Hall–Kier alpha value is -1.26. The number of pyridine rings is 1. The molecule has 1 rings (SSSR count). The van der Waals surface area contributed by atoms with Crippen molar-refractivity contribution < 1.29 is 17.9 Å². The molecule has 0 bridgehead atoms. The Kier molecular flexibility index (Phi) is 2.45. The molecule has 1 aromatic heterocycles. The lowest BCUT2D eigenvalue weighted by Gasteiger charge is -2.09. The van der Waals surface area contributed by atoms with E-state index >= 15 is 0 Å². The zero-order chi connectivity index (χ0) is 10.1. The van der Waals surface area contributed by atoms with Gasteiger partial charge in [0.25, 0.3) is 0 Å². The van der Waals surface area contributed by atoms with Gasteiger partial charge in [0.1, 0.15) is 0 Å². The van der Waals surface area contributed by atoms with Crippen molar-refractivity contribution in [2.45, 2.75) is 13.1 Å². The molecule has 1 aromatic rings. The molecule has 0 spiro atoms. The number of ether oxygens (including phenoxy) is 1. The van der Waals surface area contributed by atoms with E-state index in [-0.39, 0.29) is 11.4 Å². The van der Waals surface area contributed by atoms with Crippen molar-refractivity contribution >= 4 is 0 Å². The number of rotatable bonds is 1. The summed E-state index contributed by atoms with van der Waals surface area (Å²) in [6.07, 6.45) is -3.57. The zero-order valence-corrected chi connectivity index (χ0v) is 7.14. The van der Waals surface area contributed by atoms with E-state index in [1.54, 1.807) is 0 Å². The Labute approximate surface area is 73.4 Å². The van der Waals surface area contributed by atoms with Crippen LogP contribution in [0.15, 0.2) is 12.3 Å². The minimum atomic E-state index is -4.34. The molecule has 0 radical (unpaired) electrons. The third kappa shape index (κ3) is 2.11. The Bertz CT molecular complexity index is 309. The SMILES string of the molecule is COc1cc(C)c(C(F)(F)F)cn1. The molecule has 0 aliphatic heterocycles. The second-order valence-corrected chi connectivity index (χ2v) is 2.54. The first-order chi connectivity index (χ1) is 5.95. The van der Waals surface area contributed by atoms with E-state index in [0.29, 0.717) is 0 Å². The fourth-order valence-corrected chi connectivity index (χ4v) is 0.939. The average molecular weight is 191 g/mol. The first kappa shape index (κ1) is 9.83. The van der Waals surface area contributed by atoms with E-state index in [9.17, 15) is 13.2 Å². The Balaban J connectivity index is 3.13. The number of aryl methyl sites for hydroxylation is 1. The molecule has 0 saturated heterocycles. The summed E-state index contributed by atoms with van der Waals surface area (Å²) >= 11 is 0. The maximum atomic E-state index is 12.2. The second kappa shape index (κ2) is 3.24. The predicted octanol–water partition coefficient (Wildman–Crippen LogP) is 2.42. The van der Waals surface area contributed by atoms with Gasteiger partial charge in [-0.3, -0.25) is 0 Å². The molecule has 5 heteroatoms. The molecule has 1 heterocycles. The Morgan fingerprint density at radius 2 is 2.00 bits per heavy atom. The van der Waals surface area contributed by atoms with E-state index in [0.717, 1.165) is 6.20 Å². The van der Waals surface area contributed by atoms with Crippen LogP contribution in [0, 0.1) is 6.92 Å². The lowest BCUT2D eigenvalue weighted by Crippen LogP contribution is -2.08. The van der Waals surface area contributed by atoms with Gasteiger partial charge >= 0.3 is 6.18 Å². The zero-order valence-electron chi connectivity index (χ0n) is 7.14. The highest BCUT2D eigenvalue weighted by Gasteiger charge is 2.32. The summed E-state index contributed by atoms with van der Waals surface area (Å²) in [4.78, 5) is 3.48. The molecule has 72 valence electrons. The van der Waals surface area contributed by atoms with Crippen molar-refractivity contribution in [1.29, 1.82) is 0 Å². The number of methoxy groups -OCH3 is 1. The van der Waals surface area contributed by atoms with Crippen molar-refractivity contribution in [3.05, 3.63) is 23.4 Å². The Morgan fingerprint density at radius 3 is 2.38 bits per heavy atom. The van der Waals surface area contributed by atoms with Crippen LogP contribution in [0.5, 0.6) is 5.88 Å². The molecule has 0 aliphatic rings. The van der Waals surface area contributed by atoms with Crippen molar-refractivity contribution in [2.24, 2.45) is 0 Å². The van der Waals surface area contributed by atoms with Gasteiger partial charge in [-0.15, -0.1) is 0 Å². The monoisotopic (exact) mass is 191 g/mol. The first-order valence-electron chi connectivity index (χ1n) is 3.53. The van der Waals surface area contributed by atoms with E-state index in [2.05, 4.69) is 9.72 Å². The second-order valence-electron chi connectivity index (χ2n) is 2.54. The minimum absolute atomic E-state index is 0.111. The van der Waals surface area contributed by atoms with Crippen LogP contribution in [-0.4, -0.2) is 12.1 Å². The standard InChI is InChI=1S/C8H8F3NO/c1-5-3-7(13-2)12-4-6(5)8(9,10)11/h3-4H,1-2H3. The molecule has 2 nitrogen and oxygen atoms in total. The summed E-state index contributed by atoms with van der Waals surface area (Å²) in [5.74, 6) is 0.186. The van der Waals surface area contributed by atoms with E-state index in [1.165, 1.54) is 20.1 Å². The number of alkyl halides is 3. The smallest absolute Gasteiger partial charge is 0.418 e. The Morgan fingerprint density at radius 1 is 1.38 bits per heavy atom. The quantitative estimate of drug-likeness (QED) is 0.680. The van der Waals surface area contributed by atoms with Gasteiger partial charge in [-0.2, -0.15) is 13.2 Å². The van der Waals surface area contributed by atoms with E-state index in [4.69, 9.17) is 0 Å². The summed E-state index contributed by atoms with van der Waals surface area (Å²) in [7, 11) is 1.36. The predicted molar refractivity (Wildman–Crippen MR) is 40.5 cm³/mol. The highest BCUT2D eigenvalue weighted by Crippen LogP contribution is 2.31. The maximum Gasteiger partial charge on any atom is 0.418 e. The van der Waals surface area contributed by atoms with Crippen LogP contribution in [0.25, 0.3) is 0 Å². The summed E-state index contributed by atoms with van der Waals surface area (Å²) in [6, 6.07) is 1.25. The van der Waals surface area contributed by atoms with Crippen LogP contribution in [0.4, 0.5) is 13.2 Å². The van der Waals surface area contributed by atoms with Crippen LogP contribution in [0.3, 0.4) is 0 Å². The largest absolute Gasteiger partial charge is 0.481 e. The number of hydrogen-bond donors (Lipinski definition) is 0. The summed E-state index contributed by atoms with van der Waals surface area (Å²) in [5.41, 5.74) is -0.618. The van der Waals surface area contributed by atoms with Crippen LogP contribution in [0.2, 0.25) is 0 Å². The van der Waals surface area contributed by atoms with Crippen LogP contribution in [-0.2, 0) is 6.18 Å². The summed E-state index contributed by atoms with van der Waals surface area (Å²) in [6.45, 7) is 1.37. The number of hydrogen-bond acceptors (Lipinski definition) is 2. The average Bonchev–Trinajstić information content (AvgIpc) is 2.01. The highest BCUT2D eigenvalue weighted by molar-refractivity contribution is 5.29. The van der Waals surface area contributed by atoms with Crippen molar-refractivity contribution in [3.63, 3.8) is 0 Å². The normalized spacial score (nSPS) is 11.5. The lowest BCUT2D eigenvalue weighted by molar-refractivity contribution is -0.138. The van der Waals surface area contributed by atoms with Gasteiger partial charge in [-0.25, -0.2) is 4.98 Å². The molecule has 0 atom stereocenters. The van der Waals surface area contributed by atoms with Gasteiger partial charge in [-0.05, 0) is 12.5 Å². The van der Waals surface area contributed by atoms with E-state index < -0.39 is 11.7 Å². The number of nitrogens with zero attached hydrogens (tertiary/aromatic N) is 1. The molecule has 0 unspecified atom stereocenters. The molecule has 0 amide bonds. The van der Waals surface area contributed by atoms with Crippen LogP contribution >= 0.6 is 0 Å². The molecule has 0 N–H and O–H groups in total. The fraction of sp³-hybridized carbons (Fsp3) is 0.375. The molecular formula is C8H8F3NO. The fourth-order valence-electron chi connectivity index (χ4n) is 0.939. The molecule has 0 aliphatic carbocycles. The number of halogens is 3. The third-order valence-electron chi connectivity index (χ3n) is 1.60.